The van der Waals surface area contributed by atoms with Crippen LogP contribution in [0.2, 0.25) is 0 Å². The average molecular weight is 432 g/mol. The molecule has 0 saturated heterocycles. The van der Waals surface area contributed by atoms with Gasteiger partial charge in [-0.25, -0.2) is 4.79 Å². The highest BCUT2D eigenvalue weighted by atomic mass is 16.1. The zero-order chi connectivity index (χ0) is 22.5. The monoisotopic (exact) mass is 431 g/mol. The van der Waals surface area contributed by atoms with Crippen molar-refractivity contribution in [3.05, 3.63) is 70.7 Å². The quantitative estimate of drug-likeness (QED) is 0.400. The third kappa shape index (κ3) is 4.54. The Labute approximate surface area is 187 Å². The Hall–Kier alpha value is -3.55. The Balaban J connectivity index is 1.61. The summed E-state index contributed by atoms with van der Waals surface area (Å²) in [7, 11) is 0. The Morgan fingerprint density at radius 1 is 1.06 bits per heavy atom. The number of unbranched alkanes of at least 4 members (excludes halogenated alkanes) is 2. The van der Waals surface area contributed by atoms with Gasteiger partial charge in [0.25, 0.3) is 0 Å². The van der Waals surface area contributed by atoms with E-state index in [1.807, 2.05) is 71.8 Å². The number of H-pyrrole nitrogens is 1. The van der Waals surface area contributed by atoms with Crippen LogP contribution in [-0.4, -0.2) is 34.7 Å². The van der Waals surface area contributed by atoms with Gasteiger partial charge in [-0.3, -0.25) is 14.1 Å². The molecule has 0 fully saturated rings. The Morgan fingerprint density at radius 3 is 2.53 bits per heavy atom. The number of rotatable bonds is 9. The summed E-state index contributed by atoms with van der Waals surface area (Å²) in [4.78, 5) is 17.7. The van der Waals surface area contributed by atoms with E-state index in [-0.39, 0.29) is 11.7 Å². The maximum absolute atomic E-state index is 13.0. The fourth-order valence-electron chi connectivity index (χ4n) is 3.89. The maximum atomic E-state index is 13.0. The van der Waals surface area contributed by atoms with E-state index >= 15 is 0 Å². The smallest absolute Gasteiger partial charge is 0.296 e. The lowest BCUT2D eigenvalue weighted by atomic mass is 10.0. The summed E-state index contributed by atoms with van der Waals surface area (Å²) in [6.07, 6.45) is 8.15. The number of aromatic nitrogens is 7. The van der Waals surface area contributed by atoms with E-state index in [0.717, 1.165) is 53.8 Å². The average Bonchev–Trinajstić information content (AvgIpc) is 3.44. The molecule has 32 heavy (non-hydrogen) atoms. The van der Waals surface area contributed by atoms with E-state index in [4.69, 9.17) is 0 Å². The predicted molar refractivity (Wildman–Crippen MR) is 124 cm³/mol. The minimum Gasteiger partial charge on any atom is -0.296 e. The molecule has 0 aliphatic rings. The van der Waals surface area contributed by atoms with Crippen LogP contribution in [0.1, 0.15) is 57.5 Å². The molecule has 0 aliphatic heterocycles. The second-order valence-corrected chi connectivity index (χ2v) is 8.27. The van der Waals surface area contributed by atoms with Gasteiger partial charge < -0.3 is 0 Å². The third-order valence-corrected chi connectivity index (χ3v) is 5.65. The number of benzene rings is 1. The minimum atomic E-state index is 0.0276. The first-order chi connectivity index (χ1) is 15.6. The number of tetrazole rings is 1. The van der Waals surface area contributed by atoms with Crippen LogP contribution in [0.25, 0.3) is 22.5 Å². The lowest BCUT2D eigenvalue weighted by Crippen LogP contribution is -2.26. The van der Waals surface area contributed by atoms with Crippen molar-refractivity contribution in [1.82, 2.24) is 34.7 Å². The van der Waals surface area contributed by atoms with E-state index in [1.165, 1.54) is 0 Å². The second kappa shape index (κ2) is 9.72. The van der Waals surface area contributed by atoms with Gasteiger partial charge in [-0.2, -0.15) is 5.21 Å². The summed E-state index contributed by atoms with van der Waals surface area (Å²) < 4.78 is 3.68. The number of nitrogens with zero attached hydrogens (tertiary/aromatic N) is 6. The molecule has 0 aliphatic carbocycles. The molecule has 0 radical (unpaired) electrons. The lowest BCUT2D eigenvalue weighted by Gasteiger charge is -2.09. The Bertz CT molecular complexity index is 1200. The van der Waals surface area contributed by atoms with Crippen molar-refractivity contribution in [1.29, 1.82) is 0 Å². The topological polar surface area (TPSA) is 94.3 Å². The predicted octanol–water partition coefficient (Wildman–Crippen LogP) is 4.25. The van der Waals surface area contributed by atoms with Crippen LogP contribution in [0.15, 0.2) is 53.6 Å². The first-order valence-corrected chi connectivity index (χ1v) is 11.2. The van der Waals surface area contributed by atoms with Crippen molar-refractivity contribution >= 4 is 0 Å². The summed E-state index contributed by atoms with van der Waals surface area (Å²) >= 11 is 0. The molecule has 4 rings (SSSR count). The van der Waals surface area contributed by atoms with Crippen molar-refractivity contribution in [2.75, 3.05) is 0 Å². The van der Waals surface area contributed by atoms with Gasteiger partial charge in [0.1, 0.15) is 0 Å². The van der Waals surface area contributed by atoms with Crippen molar-refractivity contribution in [3.63, 3.8) is 0 Å². The molecule has 8 heteroatoms. The van der Waals surface area contributed by atoms with E-state index in [0.29, 0.717) is 12.4 Å². The highest BCUT2D eigenvalue weighted by Crippen LogP contribution is 2.29. The number of aryl methyl sites for hydroxylation is 1. The van der Waals surface area contributed by atoms with Gasteiger partial charge in [0.2, 0.25) is 5.82 Å². The first kappa shape index (κ1) is 21.7. The molecule has 1 aromatic carbocycles. The number of nitrogens with one attached hydrogen (secondary N) is 1. The standard InChI is InChI=1S/C24H29N7O/c1-4-5-6-9-20-16-30(17(2)3)24(32)31(20)15-19-13-12-18(14-25-19)21-10-7-8-11-22(21)23-26-28-29-27-23/h7-8,10-14,16-17H,4-6,9,15H2,1-3H3,(H,26,27,28,29). The molecule has 166 valence electrons. The van der Waals surface area contributed by atoms with E-state index in [9.17, 15) is 4.79 Å². The first-order valence-electron chi connectivity index (χ1n) is 11.2. The zero-order valence-corrected chi connectivity index (χ0v) is 18.8. The largest absolute Gasteiger partial charge is 0.328 e. The number of imidazole rings is 1. The van der Waals surface area contributed by atoms with Gasteiger partial charge in [-0.05, 0) is 43.5 Å². The van der Waals surface area contributed by atoms with Crippen molar-refractivity contribution in [3.8, 4) is 22.5 Å². The molecule has 0 amide bonds. The fourth-order valence-corrected chi connectivity index (χ4v) is 3.89. The second-order valence-electron chi connectivity index (χ2n) is 8.27. The molecule has 8 nitrogen and oxygen atoms in total. The summed E-state index contributed by atoms with van der Waals surface area (Å²) in [5.41, 5.74) is 4.79. The van der Waals surface area contributed by atoms with Crippen LogP contribution in [0, 0.1) is 0 Å². The summed E-state index contributed by atoms with van der Waals surface area (Å²) in [6.45, 7) is 6.73. The van der Waals surface area contributed by atoms with Crippen LogP contribution in [0.5, 0.6) is 0 Å². The number of hydrogen-bond donors (Lipinski definition) is 1. The van der Waals surface area contributed by atoms with Crippen LogP contribution >= 0.6 is 0 Å². The van der Waals surface area contributed by atoms with Crippen molar-refractivity contribution < 1.29 is 0 Å². The van der Waals surface area contributed by atoms with Crippen LogP contribution in [-0.2, 0) is 13.0 Å². The van der Waals surface area contributed by atoms with Gasteiger partial charge in [-0.1, -0.05) is 50.1 Å². The highest BCUT2D eigenvalue weighted by Gasteiger charge is 2.15. The van der Waals surface area contributed by atoms with E-state index < -0.39 is 0 Å². The Morgan fingerprint density at radius 2 is 1.88 bits per heavy atom. The van der Waals surface area contributed by atoms with Gasteiger partial charge in [-0.15, -0.1) is 10.2 Å². The van der Waals surface area contributed by atoms with Gasteiger partial charge in [0.05, 0.1) is 12.2 Å². The summed E-state index contributed by atoms with van der Waals surface area (Å²) in [6, 6.07) is 12.0. The molecule has 4 aromatic rings. The molecule has 0 saturated carbocycles. The number of aromatic amines is 1. The van der Waals surface area contributed by atoms with Gasteiger partial charge >= 0.3 is 5.69 Å². The maximum Gasteiger partial charge on any atom is 0.328 e. The minimum absolute atomic E-state index is 0.0276. The lowest BCUT2D eigenvalue weighted by molar-refractivity contribution is 0.558. The zero-order valence-electron chi connectivity index (χ0n) is 18.8. The SMILES string of the molecule is CCCCCc1cn(C(C)C)c(=O)n1Cc1ccc(-c2ccccc2-c2nn[nH]n2)cn1. The molecule has 0 spiro atoms. The summed E-state index contributed by atoms with van der Waals surface area (Å²) in [5.74, 6) is 0.544. The molecule has 1 N–H and O–H groups in total. The third-order valence-electron chi connectivity index (χ3n) is 5.65. The van der Waals surface area contributed by atoms with E-state index in [2.05, 4.69) is 32.5 Å². The van der Waals surface area contributed by atoms with Gasteiger partial charge in [0, 0.05) is 35.3 Å². The number of pyridine rings is 1. The molecule has 3 heterocycles. The molecular weight excluding hydrogens is 402 g/mol. The van der Waals surface area contributed by atoms with Crippen molar-refractivity contribution in [2.24, 2.45) is 0 Å². The van der Waals surface area contributed by atoms with E-state index in [1.54, 1.807) is 0 Å². The fraction of sp³-hybridized carbons (Fsp3) is 0.375. The van der Waals surface area contributed by atoms with Crippen LogP contribution in [0.4, 0.5) is 0 Å². The summed E-state index contributed by atoms with van der Waals surface area (Å²) in [5, 5.41) is 14.4. The number of hydrogen-bond acceptors (Lipinski definition) is 5. The van der Waals surface area contributed by atoms with Crippen molar-refractivity contribution in [2.45, 2.75) is 59.0 Å². The van der Waals surface area contributed by atoms with Gasteiger partial charge in [0.15, 0.2) is 0 Å². The normalized spacial score (nSPS) is 11.4. The molecule has 3 aromatic heterocycles. The van der Waals surface area contributed by atoms with Crippen LogP contribution < -0.4 is 5.69 Å². The van der Waals surface area contributed by atoms with Crippen LogP contribution in [0.3, 0.4) is 0 Å². The molecule has 0 atom stereocenters. The Kier molecular flexibility index (Phi) is 6.58. The molecule has 0 unspecified atom stereocenters. The molecule has 0 bridgehead atoms. The molecular formula is C24H29N7O. The highest BCUT2D eigenvalue weighted by molar-refractivity contribution is 5.79.